The Morgan fingerprint density at radius 1 is 1.27 bits per heavy atom. The van der Waals surface area contributed by atoms with Crippen molar-refractivity contribution < 1.29 is 53.9 Å². The van der Waals surface area contributed by atoms with E-state index in [4.69, 9.17) is 34.6 Å². The van der Waals surface area contributed by atoms with E-state index in [1.165, 1.54) is 0 Å². The molecule has 0 aromatic carbocycles. The minimum Gasteiger partial charge on any atom is -0.756 e. The molecule has 0 bridgehead atoms. The van der Waals surface area contributed by atoms with E-state index in [0.717, 1.165) is 0 Å². The molecule has 11 heteroatoms. The van der Waals surface area contributed by atoms with E-state index >= 15 is 0 Å². The van der Waals surface area contributed by atoms with Crippen molar-refractivity contribution in [2.45, 2.75) is 0 Å². The summed E-state index contributed by atoms with van der Waals surface area (Å²) in [5.41, 5.74) is 0. The fourth-order valence-electron chi connectivity index (χ4n) is 0. The molecule has 0 rings (SSSR count). The number of nitrogens with zero attached hydrogens (tertiary/aromatic N) is 1. The average Bonchev–Trinajstić information content (AvgIpc) is 1.19. The molecular weight excluding hydrogens is 194 g/mol. The molecule has 0 amide bonds. The number of quaternary nitrogens is 1. The van der Waals surface area contributed by atoms with E-state index in [1.54, 1.807) is 0 Å². The van der Waals surface area contributed by atoms with Crippen LogP contribution in [0.2, 0.25) is 0 Å². The maximum Gasteiger partial charge on any atom is 1.00 e. The molecule has 0 saturated heterocycles. The monoisotopic (exact) mass is 200 g/mol. The molecule has 64 valence electrons. The maximum atomic E-state index is 8.77. The molecule has 6 N–H and O–H groups in total. The van der Waals surface area contributed by atoms with Gasteiger partial charge in [0.25, 0.3) is 7.82 Å². The second kappa shape index (κ2) is 10.3. The zero-order valence-electron chi connectivity index (χ0n) is 5.83. The summed E-state index contributed by atoms with van der Waals surface area (Å²) in [6, 6.07) is 0. The van der Waals surface area contributed by atoms with Crippen molar-refractivity contribution in [3.05, 3.63) is 15.3 Å². The van der Waals surface area contributed by atoms with Crippen molar-refractivity contribution >= 4 is 7.82 Å². The van der Waals surface area contributed by atoms with E-state index in [2.05, 4.69) is 0 Å². The fraction of sp³-hybridized carbons (Fsp3) is 0. The van der Waals surface area contributed by atoms with Gasteiger partial charge in [0, 0.05) is 0 Å². The predicted molar refractivity (Wildman–Crippen MR) is 28.4 cm³/mol. The van der Waals surface area contributed by atoms with Gasteiger partial charge in [-0.2, -0.15) is 0 Å². The first-order valence-electron chi connectivity index (χ1n) is 1.31. The van der Waals surface area contributed by atoms with Crippen molar-refractivity contribution in [1.29, 1.82) is 0 Å². The van der Waals surface area contributed by atoms with Gasteiger partial charge in [0.15, 0.2) is 0 Å². The SMILES string of the molecule is O=P([O-])(O)O.O=[N+]([O-])[O-].[NH4+].[Na+]. The van der Waals surface area contributed by atoms with Crippen molar-refractivity contribution in [2.75, 3.05) is 0 Å². The van der Waals surface area contributed by atoms with Crippen LogP contribution in [0, 0.1) is 15.3 Å². The summed E-state index contributed by atoms with van der Waals surface area (Å²) in [5.74, 6) is 0. The van der Waals surface area contributed by atoms with E-state index in [9.17, 15) is 0 Å². The molecule has 0 spiro atoms. The van der Waals surface area contributed by atoms with Crippen LogP contribution in [0.15, 0.2) is 0 Å². The summed E-state index contributed by atoms with van der Waals surface area (Å²) < 4.78 is 8.77. The van der Waals surface area contributed by atoms with Gasteiger partial charge in [-0.25, -0.2) is 0 Å². The molecule has 0 radical (unpaired) electrons. The topological polar surface area (TPSA) is 183 Å². The van der Waals surface area contributed by atoms with Crippen LogP contribution in [0.4, 0.5) is 0 Å². The van der Waals surface area contributed by atoms with Gasteiger partial charge in [0.05, 0.1) is 5.09 Å². The van der Waals surface area contributed by atoms with Crippen LogP contribution in [0.5, 0.6) is 0 Å². The maximum absolute atomic E-state index is 8.77. The molecule has 0 unspecified atom stereocenters. The van der Waals surface area contributed by atoms with E-state index in [0.29, 0.717) is 0 Å². The Bertz CT molecular complexity index is 116. The van der Waals surface area contributed by atoms with Crippen LogP contribution in [-0.2, 0) is 4.57 Å². The number of hydrogen-bond acceptors (Lipinski definition) is 5. The first kappa shape index (κ1) is 22.5. The Morgan fingerprint density at radius 3 is 1.27 bits per heavy atom. The van der Waals surface area contributed by atoms with Crippen LogP contribution < -0.4 is 40.6 Å². The minimum atomic E-state index is -4.89. The molecule has 0 saturated carbocycles. The van der Waals surface area contributed by atoms with Crippen LogP contribution in [0.1, 0.15) is 0 Å². The summed E-state index contributed by atoms with van der Waals surface area (Å²) in [6.07, 6.45) is 0. The number of phosphoric acid groups is 1. The van der Waals surface area contributed by atoms with Crippen LogP contribution in [-0.4, -0.2) is 14.9 Å². The second-order valence-corrected chi connectivity index (χ2v) is 1.70. The summed E-state index contributed by atoms with van der Waals surface area (Å²) in [6.45, 7) is 0. The summed E-state index contributed by atoms with van der Waals surface area (Å²) in [7, 11) is -4.89. The minimum absolute atomic E-state index is 0. The number of hydrogen-bond donors (Lipinski definition) is 3. The van der Waals surface area contributed by atoms with Gasteiger partial charge < -0.3 is 36.2 Å². The molecule has 0 aliphatic carbocycles. The van der Waals surface area contributed by atoms with Crippen molar-refractivity contribution in [1.82, 2.24) is 6.15 Å². The molecule has 9 nitrogen and oxygen atoms in total. The summed E-state index contributed by atoms with van der Waals surface area (Å²) in [5, 5.41) is 14.8. The van der Waals surface area contributed by atoms with Gasteiger partial charge >= 0.3 is 29.6 Å². The van der Waals surface area contributed by atoms with Gasteiger partial charge in [-0.3, -0.25) is 4.57 Å². The third-order valence-corrected chi connectivity index (χ3v) is 0. The van der Waals surface area contributed by atoms with E-state index in [-0.39, 0.29) is 35.7 Å². The summed E-state index contributed by atoms with van der Waals surface area (Å²) >= 11 is 0. The third kappa shape index (κ3) is 9640. The average molecular weight is 200 g/mol. The second-order valence-electron chi connectivity index (χ2n) is 0.714. The summed E-state index contributed by atoms with van der Waals surface area (Å²) in [4.78, 5) is 31.2. The smallest absolute Gasteiger partial charge is 0.756 e. The third-order valence-electron chi connectivity index (χ3n) is 0. The van der Waals surface area contributed by atoms with Crippen molar-refractivity contribution in [3.8, 4) is 0 Å². The Balaban J connectivity index is -0.0000000383. The number of rotatable bonds is 0. The fourth-order valence-corrected chi connectivity index (χ4v) is 0. The predicted octanol–water partition coefficient (Wildman–Crippen LogP) is -4.42. The first-order chi connectivity index (χ1) is 3.73. The van der Waals surface area contributed by atoms with E-state index in [1.807, 2.05) is 0 Å². The first-order valence-corrected chi connectivity index (χ1v) is 2.84. The van der Waals surface area contributed by atoms with Crippen LogP contribution in [0.3, 0.4) is 0 Å². The molecule has 0 aliphatic rings. The molecule has 11 heavy (non-hydrogen) atoms. The van der Waals surface area contributed by atoms with E-state index < -0.39 is 12.9 Å². The zero-order valence-corrected chi connectivity index (χ0v) is 8.72. The van der Waals surface area contributed by atoms with Gasteiger partial charge in [-0.15, -0.1) is 0 Å². The normalized spacial score (nSPS) is 7.55. The van der Waals surface area contributed by atoms with Gasteiger partial charge in [0.1, 0.15) is 0 Å². The van der Waals surface area contributed by atoms with Crippen molar-refractivity contribution in [2.24, 2.45) is 0 Å². The molecular formula is H6N2NaO7P. The molecule has 0 atom stereocenters. The Hall–Kier alpha value is 0.270. The van der Waals surface area contributed by atoms with Crippen LogP contribution in [0.25, 0.3) is 0 Å². The van der Waals surface area contributed by atoms with Gasteiger partial charge in [0.2, 0.25) is 0 Å². The quantitative estimate of drug-likeness (QED) is 0.152. The van der Waals surface area contributed by atoms with Gasteiger partial charge in [-0.1, -0.05) is 0 Å². The Kier molecular flexibility index (Phi) is 21.0. The molecule has 0 heterocycles. The van der Waals surface area contributed by atoms with Gasteiger partial charge in [-0.05, 0) is 0 Å². The zero-order chi connectivity index (χ0) is 8.08. The Morgan fingerprint density at radius 2 is 1.27 bits per heavy atom. The standard InChI is InChI=1S/NO3.H3N.Na.H3O4P/c2-1(3)4;;;1-5(2,3)4/h;1H3;;(H3,1,2,3,4)/q-1;;+1;. The molecule has 0 fully saturated rings. The molecule has 0 aliphatic heterocycles. The van der Waals surface area contributed by atoms with Crippen molar-refractivity contribution in [3.63, 3.8) is 0 Å². The largest absolute Gasteiger partial charge is 1.00 e. The molecule has 0 aromatic rings. The molecule has 0 aromatic heterocycles. The van der Waals surface area contributed by atoms with Crippen LogP contribution >= 0.6 is 7.82 Å². The Labute approximate surface area is 83.3 Å².